The molecule has 0 aromatic heterocycles. The summed E-state index contributed by atoms with van der Waals surface area (Å²) in [6.45, 7) is 4.13. The second kappa shape index (κ2) is 11.0. The predicted molar refractivity (Wildman–Crippen MR) is 150 cm³/mol. The van der Waals surface area contributed by atoms with E-state index in [1.807, 2.05) is 37.3 Å². The Morgan fingerprint density at radius 3 is 2.36 bits per heavy atom. The highest BCUT2D eigenvalue weighted by Gasteiger charge is 2.34. The summed E-state index contributed by atoms with van der Waals surface area (Å²) in [5.41, 5.74) is 3.53. The van der Waals surface area contributed by atoms with Gasteiger partial charge in [-0.25, -0.2) is 8.42 Å². The fourth-order valence-corrected chi connectivity index (χ4v) is 6.16. The van der Waals surface area contributed by atoms with E-state index in [4.69, 9.17) is 4.74 Å². The zero-order chi connectivity index (χ0) is 27.6. The van der Waals surface area contributed by atoms with Crippen LogP contribution < -0.4 is 9.75 Å². The molecule has 1 amide bonds. The first-order valence-corrected chi connectivity index (χ1v) is 14.2. The Labute approximate surface area is 228 Å². The Morgan fingerprint density at radius 2 is 1.67 bits per heavy atom. The molecule has 0 radical (unpaired) electrons. The van der Waals surface area contributed by atoms with Crippen molar-refractivity contribution in [1.29, 1.82) is 0 Å². The van der Waals surface area contributed by atoms with Crippen LogP contribution in [-0.2, 0) is 19.6 Å². The number of hydrogen-bond donors (Lipinski definition) is 0. The second-order valence-corrected chi connectivity index (χ2v) is 11.6. The van der Waals surface area contributed by atoms with Gasteiger partial charge in [0, 0.05) is 13.1 Å². The van der Waals surface area contributed by atoms with E-state index >= 15 is 0 Å². The van der Waals surface area contributed by atoms with Crippen LogP contribution in [0.15, 0.2) is 94.4 Å². The maximum Gasteiger partial charge on any atom is 0.315 e. The van der Waals surface area contributed by atoms with Gasteiger partial charge in [-0.15, -0.1) is 0 Å². The van der Waals surface area contributed by atoms with Gasteiger partial charge in [-0.3, -0.25) is 9.59 Å². The molecule has 2 aliphatic rings. The van der Waals surface area contributed by atoms with E-state index in [1.165, 1.54) is 9.31 Å². The van der Waals surface area contributed by atoms with Crippen molar-refractivity contribution in [1.82, 2.24) is 4.31 Å². The van der Waals surface area contributed by atoms with E-state index in [1.54, 1.807) is 61.5 Å². The van der Waals surface area contributed by atoms with Crippen LogP contribution in [-0.4, -0.2) is 43.4 Å². The summed E-state index contributed by atoms with van der Waals surface area (Å²) >= 11 is 0. The summed E-state index contributed by atoms with van der Waals surface area (Å²) in [6, 6.07) is 22.8. The van der Waals surface area contributed by atoms with Crippen LogP contribution in [0.3, 0.4) is 0 Å². The van der Waals surface area contributed by atoms with Crippen molar-refractivity contribution in [3.05, 3.63) is 95.6 Å². The maximum absolute atomic E-state index is 13.1. The van der Waals surface area contributed by atoms with Gasteiger partial charge in [0.1, 0.15) is 5.75 Å². The van der Waals surface area contributed by atoms with Gasteiger partial charge in [-0.05, 0) is 74.7 Å². The number of piperidine rings is 1. The Kier molecular flexibility index (Phi) is 7.45. The average molecular weight is 544 g/mol. The number of sulfonamides is 1. The largest absolute Gasteiger partial charge is 0.426 e. The number of ether oxygens (including phenoxy) is 1. The minimum atomic E-state index is -3.69. The molecular weight excluding hydrogens is 514 g/mol. The van der Waals surface area contributed by atoms with Gasteiger partial charge in [-0.1, -0.05) is 48.0 Å². The average Bonchev–Trinajstić information content (AvgIpc) is 3.23. The molecule has 0 saturated carbocycles. The molecule has 200 valence electrons. The van der Waals surface area contributed by atoms with E-state index in [9.17, 15) is 18.0 Å². The van der Waals surface area contributed by atoms with E-state index in [0.29, 0.717) is 42.1 Å². The number of amides is 1. The number of benzene rings is 3. The number of carbonyl (C=O) groups excluding carboxylic acids is 2. The molecule has 9 heteroatoms. The number of rotatable bonds is 6. The van der Waals surface area contributed by atoms with Crippen molar-refractivity contribution < 1.29 is 22.7 Å². The summed E-state index contributed by atoms with van der Waals surface area (Å²) in [4.78, 5) is 26.1. The number of hydrazone groups is 1. The molecule has 0 aliphatic carbocycles. The third-order valence-electron chi connectivity index (χ3n) is 6.85. The number of nitrogens with zero attached hydrogens (tertiary/aromatic N) is 3. The van der Waals surface area contributed by atoms with Crippen molar-refractivity contribution in [3.63, 3.8) is 0 Å². The molecule has 1 atom stereocenters. The first-order chi connectivity index (χ1) is 18.7. The van der Waals surface area contributed by atoms with Crippen LogP contribution in [0.5, 0.6) is 5.75 Å². The number of para-hydroxylation sites is 1. The summed E-state index contributed by atoms with van der Waals surface area (Å²) in [5, 5.41) is 5.77. The van der Waals surface area contributed by atoms with Gasteiger partial charge < -0.3 is 4.74 Å². The van der Waals surface area contributed by atoms with Crippen LogP contribution in [0.1, 0.15) is 30.9 Å². The number of esters is 1. The Hall–Kier alpha value is -4.08. The lowest BCUT2D eigenvalue weighted by Crippen LogP contribution is -2.43. The fraction of sp³-hybridized carbons (Fsp3) is 0.233. The van der Waals surface area contributed by atoms with Crippen molar-refractivity contribution >= 4 is 39.4 Å². The Balaban J connectivity index is 1.23. The molecule has 8 nitrogen and oxygen atoms in total. The van der Waals surface area contributed by atoms with Crippen molar-refractivity contribution in [2.45, 2.75) is 31.6 Å². The Morgan fingerprint density at radius 1 is 0.974 bits per heavy atom. The van der Waals surface area contributed by atoms with E-state index < -0.39 is 21.9 Å². The Bertz CT molecular complexity index is 1550. The normalized spacial score (nSPS) is 19.3. The fourth-order valence-electron chi connectivity index (χ4n) is 4.64. The minimum Gasteiger partial charge on any atom is -0.426 e. The summed E-state index contributed by atoms with van der Waals surface area (Å²) in [5.74, 6) is -0.872. The molecule has 1 unspecified atom stereocenters. The lowest BCUT2D eigenvalue weighted by Gasteiger charge is -2.30. The van der Waals surface area contributed by atoms with E-state index in [0.717, 1.165) is 11.1 Å². The standard InChI is InChI=1S/C30H29N3O5S/c1-21-10-16-27(17-11-21)39(36,37)32-18-6-7-24(20-32)30(35)38-26-14-12-23(13-15-26)19-28-22(2)31-33(29(28)34)25-8-4-3-5-9-25/h3-5,8-17,19,24H,6-7,18,20H2,1-2H3/b28-19-. The van der Waals surface area contributed by atoms with Crippen LogP contribution >= 0.6 is 0 Å². The first kappa shape index (κ1) is 26.5. The number of anilines is 1. The van der Waals surface area contributed by atoms with Crippen molar-refractivity contribution in [2.24, 2.45) is 11.0 Å². The lowest BCUT2D eigenvalue weighted by molar-refractivity contribution is -0.140. The number of hydrogen-bond acceptors (Lipinski definition) is 6. The molecular formula is C30H29N3O5S. The second-order valence-electron chi connectivity index (χ2n) is 9.70. The molecule has 39 heavy (non-hydrogen) atoms. The third kappa shape index (κ3) is 5.69. The first-order valence-electron chi connectivity index (χ1n) is 12.8. The summed E-state index contributed by atoms with van der Waals surface area (Å²) in [7, 11) is -3.69. The van der Waals surface area contributed by atoms with Crippen LogP contribution in [0.25, 0.3) is 6.08 Å². The SMILES string of the molecule is CC1=NN(c2ccccc2)C(=O)/C1=C\c1ccc(OC(=O)C2CCCN(S(=O)(=O)c3ccc(C)cc3)C2)cc1. The lowest BCUT2D eigenvalue weighted by atomic mass is 10.00. The zero-order valence-electron chi connectivity index (χ0n) is 21.8. The molecule has 1 fully saturated rings. The molecule has 3 aromatic carbocycles. The maximum atomic E-state index is 13.1. The van der Waals surface area contributed by atoms with Gasteiger partial charge in [0.15, 0.2) is 0 Å². The molecule has 1 saturated heterocycles. The highest BCUT2D eigenvalue weighted by molar-refractivity contribution is 7.89. The number of carbonyl (C=O) groups is 2. The summed E-state index contributed by atoms with van der Waals surface area (Å²) < 4.78 is 33.1. The third-order valence-corrected chi connectivity index (χ3v) is 8.73. The molecule has 0 bridgehead atoms. The van der Waals surface area contributed by atoms with Crippen LogP contribution in [0, 0.1) is 12.8 Å². The predicted octanol–water partition coefficient (Wildman–Crippen LogP) is 4.81. The highest BCUT2D eigenvalue weighted by atomic mass is 32.2. The van der Waals surface area contributed by atoms with Gasteiger partial charge in [0.25, 0.3) is 5.91 Å². The van der Waals surface area contributed by atoms with E-state index in [-0.39, 0.29) is 17.3 Å². The molecule has 0 N–H and O–H groups in total. The zero-order valence-corrected chi connectivity index (χ0v) is 22.6. The smallest absolute Gasteiger partial charge is 0.315 e. The van der Waals surface area contributed by atoms with Gasteiger partial charge in [0.2, 0.25) is 10.0 Å². The number of aryl methyl sites for hydroxylation is 1. The van der Waals surface area contributed by atoms with Crippen molar-refractivity contribution in [2.75, 3.05) is 18.1 Å². The minimum absolute atomic E-state index is 0.0812. The molecule has 3 aromatic rings. The van der Waals surface area contributed by atoms with Crippen molar-refractivity contribution in [3.8, 4) is 5.75 Å². The summed E-state index contributed by atoms with van der Waals surface area (Å²) in [6.07, 6.45) is 2.89. The molecule has 0 spiro atoms. The van der Waals surface area contributed by atoms with Crippen LogP contribution in [0.4, 0.5) is 5.69 Å². The monoisotopic (exact) mass is 543 g/mol. The molecule has 2 heterocycles. The van der Waals surface area contributed by atoms with Gasteiger partial charge >= 0.3 is 5.97 Å². The quantitative estimate of drug-likeness (QED) is 0.253. The molecule has 2 aliphatic heterocycles. The topological polar surface area (TPSA) is 96.3 Å². The molecule has 5 rings (SSSR count). The van der Waals surface area contributed by atoms with E-state index in [2.05, 4.69) is 5.10 Å². The highest BCUT2D eigenvalue weighted by Crippen LogP contribution is 2.27. The van der Waals surface area contributed by atoms with Crippen LogP contribution in [0.2, 0.25) is 0 Å². The van der Waals surface area contributed by atoms with Gasteiger partial charge in [0.05, 0.1) is 27.8 Å². The van der Waals surface area contributed by atoms with Gasteiger partial charge in [-0.2, -0.15) is 14.4 Å².